The van der Waals surface area contributed by atoms with Crippen LogP contribution < -0.4 is 5.73 Å². The topological polar surface area (TPSA) is 121 Å². The lowest BCUT2D eigenvalue weighted by molar-refractivity contribution is 0.580. The minimum Gasteiger partial charge on any atom is -0.463 e. The Morgan fingerprint density at radius 3 is 2.92 bits per heavy atom. The van der Waals surface area contributed by atoms with Gasteiger partial charge in [0.1, 0.15) is 16.7 Å². The van der Waals surface area contributed by atoms with Gasteiger partial charge in [-0.3, -0.25) is 0 Å². The summed E-state index contributed by atoms with van der Waals surface area (Å²) in [6, 6.07) is 9.42. The van der Waals surface area contributed by atoms with Crippen LogP contribution in [0.3, 0.4) is 0 Å². The summed E-state index contributed by atoms with van der Waals surface area (Å²) in [4.78, 5) is 8.54. The molecule has 5 rings (SSSR count). The van der Waals surface area contributed by atoms with Crippen molar-refractivity contribution in [3.8, 4) is 11.5 Å². The van der Waals surface area contributed by atoms with Crippen molar-refractivity contribution in [3.63, 3.8) is 0 Å². The Morgan fingerprint density at radius 1 is 1.08 bits per heavy atom. The molecule has 2 N–H and O–H groups in total. The fraction of sp³-hybridized carbons (Fsp3) is 0.0667. The number of nitrogens with two attached hydrogens (primary N) is 1. The third-order valence-corrected chi connectivity index (χ3v) is 4.37. The minimum atomic E-state index is 0.135. The van der Waals surface area contributed by atoms with Crippen molar-refractivity contribution in [2.75, 3.05) is 5.73 Å². The Bertz CT molecular complexity index is 1190. The van der Waals surface area contributed by atoms with Gasteiger partial charge < -0.3 is 10.2 Å². The summed E-state index contributed by atoms with van der Waals surface area (Å²) in [5, 5.41) is 8.43. The van der Waals surface area contributed by atoms with E-state index in [1.165, 1.54) is 11.7 Å². The van der Waals surface area contributed by atoms with Crippen LogP contribution >= 0.6 is 11.7 Å². The molecule has 4 heterocycles. The number of fused-ring (bicyclic) bond motifs is 2. The van der Waals surface area contributed by atoms with E-state index in [0.29, 0.717) is 29.2 Å². The minimum absolute atomic E-state index is 0.135. The summed E-state index contributed by atoms with van der Waals surface area (Å²) in [6.07, 6.45) is 1.57. The molecule has 0 fully saturated rings. The van der Waals surface area contributed by atoms with Crippen LogP contribution in [0.25, 0.3) is 33.7 Å². The molecule has 4 aromatic heterocycles. The Balaban J connectivity index is 1.67. The number of anilines is 1. The molecule has 122 valence electrons. The largest absolute Gasteiger partial charge is 0.463 e. The van der Waals surface area contributed by atoms with Gasteiger partial charge in [-0.05, 0) is 18.2 Å². The van der Waals surface area contributed by atoms with E-state index < -0.39 is 0 Å². The van der Waals surface area contributed by atoms with Crippen LogP contribution in [0.1, 0.15) is 5.56 Å². The van der Waals surface area contributed by atoms with Crippen LogP contribution in [0.2, 0.25) is 0 Å². The average molecular weight is 350 g/mol. The highest BCUT2D eigenvalue weighted by Gasteiger charge is 2.18. The first-order valence-electron chi connectivity index (χ1n) is 7.40. The van der Waals surface area contributed by atoms with Crippen LogP contribution in [0.5, 0.6) is 0 Å². The number of benzene rings is 1. The maximum absolute atomic E-state index is 5.87. The Kier molecular flexibility index (Phi) is 2.97. The first-order chi connectivity index (χ1) is 12.3. The molecule has 10 heteroatoms. The van der Waals surface area contributed by atoms with Gasteiger partial charge in [0.05, 0.1) is 24.5 Å². The van der Waals surface area contributed by atoms with Gasteiger partial charge in [-0.2, -0.15) is 13.7 Å². The molecule has 5 aromatic rings. The maximum atomic E-state index is 5.87. The van der Waals surface area contributed by atoms with Crippen LogP contribution in [0.15, 0.2) is 41.0 Å². The second-order valence-corrected chi connectivity index (χ2v) is 5.90. The SMILES string of the molecule is Nc1nc(-c2ccco2)c2nnn(Cc3cccc4nsnc34)c2n1. The fourth-order valence-electron chi connectivity index (χ4n) is 2.72. The standard InChI is InChI=1S/C15H10N8OS/c16-15-17-12(10-5-2-6-24-10)13-14(18-15)23(22-19-13)7-8-3-1-4-9-11(8)21-25-20-9/h1-6H,7H2,(H2,16,17,18). The summed E-state index contributed by atoms with van der Waals surface area (Å²) in [7, 11) is 0. The lowest BCUT2D eigenvalue weighted by Gasteiger charge is -2.04. The molecule has 0 amide bonds. The second kappa shape index (κ2) is 5.31. The van der Waals surface area contributed by atoms with Crippen molar-refractivity contribution in [1.82, 2.24) is 33.7 Å². The summed E-state index contributed by atoms with van der Waals surface area (Å²) >= 11 is 1.18. The third-order valence-electron chi connectivity index (χ3n) is 3.82. The Labute approximate surface area is 144 Å². The van der Waals surface area contributed by atoms with Gasteiger partial charge in [-0.15, -0.1) is 5.10 Å². The van der Waals surface area contributed by atoms with E-state index in [2.05, 4.69) is 29.0 Å². The zero-order valence-electron chi connectivity index (χ0n) is 12.7. The average Bonchev–Trinajstić information content (AvgIpc) is 3.35. The highest BCUT2D eigenvalue weighted by molar-refractivity contribution is 7.00. The van der Waals surface area contributed by atoms with Crippen molar-refractivity contribution >= 4 is 39.9 Å². The highest BCUT2D eigenvalue weighted by atomic mass is 32.1. The van der Waals surface area contributed by atoms with E-state index in [4.69, 9.17) is 10.2 Å². The van der Waals surface area contributed by atoms with Gasteiger partial charge in [0.25, 0.3) is 0 Å². The summed E-state index contributed by atoms with van der Waals surface area (Å²) in [5.74, 6) is 0.702. The molecular formula is C15H10N8OS. The quantitative estimate of drug-likeness (QED) is 0.525. The van der Waals surface area contributed by atoms with Gasteiger partial charge in [0, 0.05) is 5.56 Å². The van der Waals surface area contributed by atoms with E-state index in [0.717, 1.165) is 16.6 Å². The number of nitrogens with zero attached hydrogens (tertiary/aromatic N) is 7. The van der Waals surface area contributed by atoms with E-state index in [1.54, 1.807) is 23.1 Å². The molecule has 0 aliphatic carbocycles. The number of rotatable bonds is 3. The molecule has 0 bridgehead atoms. The number of aromatic nitrogens is 7. The molecule has 0 saturated heterocycles. The third kappa shape index (κ3) is 2.22. The molecule has 0 aliphatic rings. The molecule has 0 unspecified atom stereocenters. The Hall–Kier alpha value is -3.40. The normalized spacial score (nSPS) is 11.5. The highest BCUT2D eigenvalue weighted by Crippen LogP contribution is 2.26. The molecule has 9 nitrogen and oxygen atoms in total. The fourth-order valence-corrected chi connectivity index (χ4v) is 3.28. The van der Waals surface area contributed by atoms with Crippen LogP contribution in [0, 0.1) is 0 Å². The zero-order valence-corrected chi connectivity index (χ0v) is 13.5. The lowest BCUT2D eigenvalue weighted by Crippen LogP contribution is -2.05. The van der Waals surface area contributed by atoms with E-state index in [-0.39, 0.29) is 5.95 Å². The molecular weight excluding hydrogens is 340 g/mol. The zero-order chi connectivity index (χ0) is 16.8. The van der Waals surface area contributed by atoms with Crippen molar-refractivity contribution in [2.24, 2.45) is 0 Å². The van der Waals surface area contributed by atoms with Crippen molar-refractivity contribution in [3.05, 3.63) is 42.2 Å². The van der Waals surface area contributed by atoms with E-state index >= 15 is 0 Å². The lowest BCUT2D eigenvalue weighted by atomic mass is 10.2. The number of nitrogen functional groups attached to an aromatic ring is 1. The number of hydrogen-bond donors (Lipinski definition) is 1. The van der Waals surface area contributed by atoms with E-state index in [9.17, 15) is 0 Å². The molecule has 1 aromatic carbocycles. The number of hydrogen-bond acceptors (Lipinski definition) is 9. The summed E-state index contributed by atoms with van der Waals surface area (Å²) < 4.78 is 15.7. The molecule has 0 radical (unpaired) electrons. The van der Waals surface area contributed by atoms with Gasteiger partial charge in [0.2, 0.25) is 5.95 Å². The van der Waals surface area contributed by atoms with Gasteiger partial charge >= 0.3 is 0 Å². The second-order valence-electron chi connectivity index (χ2n) is 5.38. The molecule has 25 heavy (non-hydrogen) atoms. The van der Waals surface area contributed by atoms with Gasteiger partial charge in [0.15, 0.2) is 16.9 Å². The first-order valence-corrected chi connectivity index (χ1v) is 8.13. The van der Waals surface area contributed by atoms with E-state index in [1.807, 2.05) is 18.2 Å². The van der Waals surface area contributed by atoms with Crippen LogP contribution in [-0.4, -0.2) is 33.7 Å². The predicted molar refractivity (Wildman–Crippen MR) is 91.7 cm³/mol. The van der Waals surface area contributed by atoms with Crippen molar-refractivity contribution in [2.45, 2.75) is 6.54 Å². The van der Waals surface area contributed by atoms with Crippen molar-refractivity contribution < 1.29 is 4.42 Å². The smallest absolute Gasteiger partial charge is 0.222 e. The number of furan rings is 1. The first kappa shape index (κ1) is 14.0. The van der Waals surface area contributed by atoms with Gasteiger partial charge in [-0.25, -0.2) is 9.67 Å². The summed E-state index contributed by atoms with van der Waals surface area (Å²) in [6.45, 7) is 0.452. The maximum Gasteiger partial charge on any atom is 0.222 e. The van der Waals surface area contributed by atoms with Crippen LogP contribution in [-0.2, 0) is 6.54 Å². The molecule has 0 spiro atoms. The van der Waals surface area contributed by atoms with Gasteiger partial charge in [-0.1, -0.05) is 17.3 Å². The molecule has 0 saturated carbocycles. The monoisotopic (exact) mass is 350 g/mol. The van der Waals surface area contributed by atoms with Crippen molar-refractivity contribution in [1.29, 1.82) is 0 Å². The molecule has 0 aliphatic heterocycles. The summed E-state index contributed by atoms with van der Waals surface area (Å²) in [5.41, 5.74) is 10.2. The predicted octanol–water partition coefficient (Wildman–Crippen LogP) is 2.12. The molecule has 0 atom stereocenters. The Morgan fingerprint density at radius 2 is 2.04 bits per heavy atom. The van der Waals surface area contributed by atoms with Crippen LogP contribution in [0.4, 0.5) is 5.95 Å².